The first-order valence-corrected chi connectivity index (χ1v) is 9.05. The molecule has 4 bridgehead atoms. The van der Waals surface area contributed by atoms with Gasteiger partial charge in [-0.05, 0) is 0 Å². The molecular formula is C10H11BrN3O10P. The summed E-state index contributed by atoms with van der Waals surface area (Å²) in [6.45, 7) is -1.17. The monoisotopic (exact) mass is 443 g/mol. The van der Waals surface area contributed by atoms with Crippen LogP contribution in [-0.4, -0.2) is 56.5 Å². The highest BCUT2D eigenvalue weighted by Crippen LogP contribution is 2.62. The van der Waals surface area contributed by atoms with Crippen LogP contribution in [0, 0.1) is 0 Å². The van der Waals surface area contributed by atoms with Crippen molar-refractivity contribution in [3.8, 4) is 11.6 Å². The zero-order chi connectivity index (χ0) is 17.9. The van der Waals surface area contributed by atoms with Gasteiger partial charge in [-0.15, -0.1) is 4.67 Å². The summed E-state index contributed by atoms with van der Waals surface area (Å²) in [4.78, 5) is 21.1. The average molecular weight is 444 g/mol. The predicted octanol–water partition coefficient (Wildman–Crippen LogP) is -1.23. The maximum Gasteiger partial charge on any atom is 0.617 e. The molecule has 4 rings (SSSR count). The van der Waals surface area contributed by atoms with Crippen LogP contribution in [-0.2, 0) is 18.9 Å². The van der Waals surface area contributed by atoms with Crippen LogP contribution in [0.2, 0.25) is 0 Å². The molecule has 3 aliphatic heterocycles. The molecule has 5 atom stereocenters. The summed E-state index contributed by atoms with van der Waals surface area (Å²) in [5, 5.41) is 28.9. The number of halogens is 1. The van der Waals surface area contributed by atoms with Crippen LogP contribution in [0.4, 0.5) is 5.82 Å². The van der Waals surface area contributed by atoms with Gasteiger partial charge in [-0.25, -0.2) is 18.8 Å². The van der Waals surface area contributed by atoms with Crippen molar-refractivity contribution < 1.29 is 43.2 Å². The van der Waals surface area contributed by atoms with E-state index in [1.54, 1.807) is 0 Å². The highest BCUT2D eigenvalue weighted by Gasteiger charge is 2.55. The van der Waals surface area contributed by atoms with E-state index in [0.717, 1.165) is 8.49 Å². The Morgan fingerprint density at radius 3 is 2.80 bits per heavy atom. The summed E-state index contributed by atoms with van der Waals surface area (Å²) in [6.07, 6.45) is -5.13. The minimum absolute atomic E-state index is 0.233. The molecule has 0 spiro atoms. The van der Waals surface area contributed by atoms with Crippen LogP contribution in [0.5, 0.6) is 11.6 Å². The standard InChI is InChI=1S/C10H11BrN3O10P/c11-13(2-16)7-6-9-14(10(18)12-7)8-4(17)5(3(1-15)20-8)21-24-25(19,22-6)23-9/h3-5,8,15-17H,1-2H2/t3-,4-,5-,8?,25?/m1/s1. The highest BCUT2D eigenvalue weighted by atomic mass is 79.9. The largest absolute Gasteiger partial charge is 0.617 e. The topological polar surface area (TPSA) is 162 Å². The Morgan fingerprint density at radius 2 is 2.12 bits per heavy atom. The Hall–Kier alpha value is -1.25. The number of rotatable bonds is 3. The lowest BCUT2D eigenvalue weighted by molar-refractivity contribution is -0.277. The maximum absolute atomic E-state index is 12.5. The maximum atomic E-state index is 12.5. The zero-order valence-corrected chi connectivity index (χ0v) is 14.6. The molecule has 4 heterocycles. The minimum Gasteiger partial charge on any atom is -0.394 e. The van der Waals surface area contributed by atoms with Crippen LogP contribution in [0.15, 0.2) is 4.79 Å². The van der Waals surface area contributed by atoms with Crippen molar-refractivity contribution in [1.29, 1.82) is 0 Å². The second-order valence-electron chi connectivity index (χ2n) is 5.23. The number of ether oxygens (including phenoxy) is 1. The van der Waals surface area contributed by atoms with Crippen molar-refractivity contribution in [3.63, 3.8) is 0 Å². The normalized spacial score (nSPS) is 35.4. The van der Waals surface area contributed by atoms with Crippen LogP contribution < -0.4 is 18.7 Å². The lowest BCUT2D eigenvalue weighted by Crippen LogP contribution is -2.38. The molecule has 1 aromatic rings. The Bertz CT molecular complexity index is 819. The third-order valence-corrected chi connectivity index (χ3v) is 5.40. The quantitative estimate of drug-likeness (QED) is 0.221. The van der Waals surface area contributed by atoms with E-state index in [4.69, 9.17) is 23.3 Å². The summed E-state index contributed by atoms with van der Waals surface area (Å²) in [6, 6.07) is 0. The van der Waals surface area contributed by atoms with Gasteiger partial charge in [-0.2, -0.15) is 4.98 Å². The van der Waals surface area contributed by atoms with E-state index in [1.807, 2.05) is 0 Å². The Kier molecular flexibility index (Phi) is 4.05. The molecule has 0 saturated carbocycles. The third-order valence-electron chi connectivity index (χ3n) is 3.77. The molecule has 25 heavy (non-hydrogen) atoms. The molecule has 0 aromatic carbocycles. The molecular weight excluding hydrogens is 433 g/mol. The number of hydrogen-bond acceptors (Lipinski definition) is 12. The molecule has 3 N–H and O–H groups in total. The molecule has 1 fully saturated rings. The van der Waals surface area contributed by atoms with E-state index in [0.29, 0.717) is 0 Å². The number of hydrogen-bond donors (Lipinski definition) is 3. The number of anilines is 1. The molecule has 1 aromatic heterocycles. The van der Waals surface area contributed by atoms with E-state index in [1.165, 1.54) is 0 Å². The number of phosphoric acid groups is 1. The zero-order valence-electron chi connectivity index (χ0n) is 12.1. The van der Waals surface area contributed by atoms with Crippen LogP contribution in [0.1, 0.15) is 6.23 Å². The Labute approximate surface area is 147 Å². The molecule has 0 radical (unpaired) electrons. The number of aliphatic hydroxyl groups excluding tert-OH is 3. The van der Waals surface area contributed by atoms with Gasteiger partial charge in [-0.1, -0.05) is 0 Å². The van der Waals surface area contributed by atoms with Crippen LogP contribution >= 0.6 is 24.0 Å². The number of phosphoric ester groups is 1. The lowest BCUT2D eigenvalue weighted by Gasteiger charge is -2.20. The van der Waals surface area contributed by atoms with Gasteiger partial charge in [0, 0.05) is 0 Å². The molecule has 15 heteroatoms. The fraction of sp³-hybridized carbons (Fsp3) is 0.600. The summed E-state index contributed by atoms with van der Waals surface area (Å²) >= 11 is 2.94. The van der Waals surface area contributed by atoms with Crippen molar-refractivity contribution in [3.05, 3.63) is 10.5 Å². The number of nitrogens with zero attached hydrogens (tertiary/aromatic N) is 3. The van der Waals surface area contributed by atoms with Crippen LogP contribution in [0.3, 0.4) is 0 Å². The van der Waals surface area contributed by atoms with E-state index in [9.17, 15) is 24.7 Å². The van der Waals surface area contributed by atoms with Gasteiger partial charge in [0.1, 0.15) is 18.9 Å². The second kappa shape index (κ2) is 5.89. The fourth-order valence-electron chi connectivity index (χ4n) is 2.68. The third kappa shape index (κ3) is 2.49. The highest BCUT2D eigenvalue weighted by molar-refractivity contribution is 9.10. The first kappa shape index (κ1) is 17.2. The van der Waals surface area contributed by atoms with Crippen molar-refractivity contribution in [1.82, 2.24) is 9.55 Å². The van der Waals surface area contributed by atoms with E-state index < -0.39 is 51.4 Å². The molecule has 2 unspecified atom stereocenters. The lowest BCUT2D eigenvalue weighted by atomic mass is 10.1. The van der Waals surface area contributed by atoms with Gasteiger partial charge in [0.15, 0.2) is 18.1 Å². The average Bonchev–Trinajstić information content (AvgIpc) is 3.09. The fourth-order valence-corrected chi connectivity index (χ4v) is 3.99. The summed E-state index contributed by atoms with van der Waals surface area (Å²) in [5.41, 5.74) is -0.952. The SMILES string of the molecule is O=c1nc(N(Br)CO)c2c3n1C1O[C@H](CO)[C@@H](OOP(=O)(O2)O3)[C@H]1O. The van der Waals surface area contributed by atoms with Gasteiger partial charge < -0.3 is 29.1 Å². The molecule has 13 nitrogen and oxygen atoms in total. The summed E-state index contributed by atoms with van der Waals surface area (Å²) in [5.74, 6) is -0.911. The Balaban J connectivity index is 1.94. The Morgan fingerprint density at radius 1 is 1.36 bits per heavy atom. The van der Waals surface area contributed by atoms with Gasteiger partial charge >= 0.3 is 13.5 Å². The van der Waals surface area contributed by atoms with E-state index >= 15 is 0 Å². The number of aliphatic hydroxyl groups is 3. The van der Waals surface area contributed by atoms with Crippen molar-refractivity contribution in [2.45, 2.75) is 24.5 Å². The van der Waals surface area contributed by atoms with Crippen molar-refractivity contribution in [2.75, 3.05) is 17.3 Å². The second-order valence-corrected chi connectivity index (χ2v) is 7.49. The van der Waals surface area contributed by atoms with Gasteiger partial charge in [-0.3, -0.25) is 3.93 Å². The number of aromatic nitrogens is 2. The smallest absolute Gasteiger partial charge is 0.394 e. The van der Waals surface area contributed by atoms with Crippen molar-refractivity contribution in [2.24, 2.45) is 0 Å². The van der Waals surface area contributed by atoms with E-state index in [-0.39, 0.29) is 17.4 Å². The van der Waals surface area contributed by atoms with Gasteiger partial charge in [0.25, 0.3) is 5.88 Å². The van der Waals surface area contributed by atoms with Gasteiger partial charge in [0.2, 0.25) is 5.75 Å². The minimum atomic E-state index is -4.35. The molecule has 138 valence electrons. The number of fused-ring (bicyclic) bond motifs is 4. The van der Waals surface area contributed by atoms with Crippen molar-refractivity contribution >= 4 is 29.8 Å². The molecule has 1 saturated heterocycles. The molecule has 0 aliphatic carbocycles. The van der Waals surface area contributed by atoms with Gasteiger partial charge in [0.05, 0.1) is 22.8 Å². The first-order chi connectivity index (χ1) is 11.9. The van der Waals surface area contributed by atoms with E-state index in [2.05, 4.69) is 21.1 Å². The predicted molar refractivity (Wildman–Crippen MR) is 78.8 cm³/mol. The summed E-state index contributed by atoms with van der Waals surface area (Å²) in [7, 11) is -4.35. The first-order valence-electron chi connectivity index (χ1n) is 6.88. The molecule has 3 aliphatic rings. The van der Waals surface area contributed by atoms with Crippen LogP contribution in [0.25, 0.3) is 0 Å². The molecule has 0 amide bonds. The summed E-state index contributed by atoms with van der Waals surface area (Å²) < 4.78 is 34.6.